The smallest absolute Gasteiger partial charge is 0.271 e. The molecule has 0 aromatic heterocycles. The molecule has 2 aromatic rings. The molecule has 0 bridgehead atoms. The van der Waals surface area contributed by atoms with Gasteiger partial charge in [0.2, 0.25) is 0 Å². The molecular formula is C17H16Cl2N2O3. The highest BCUT2D eigenvalue weighted by atomic mass is 35.5. The number of carbonyl (C=O) groups excluding carboxylic acids is 1. The molecule has 0 atom stereocenters. The minimum Gasteiger partial charge on any atom is -0.493 e. The molecule has 0 aliphatic carbocycles. The summed E-state index contributed by atoms with van der Waals surface area (Å²) in [5, 5.41) is 5.07. The van der Waals surface area contributed by atoms with E-state index in [0.717, 1.165) is 0 Å². The van der Waals surface area contributed by atoms with E-state index < -0.39 is 0 Å². The molecular weight excluding hydrogens is 351 g/mol. The largest absolute Gasteiger partial charge is 0.493 e. The molecule has 0 aliphatic rings. The third-order valence-electron chi connectivity index (χ3n) is 3.29. The Balaban J connectivity index is 2.17. The van der Waals surface area contributed by atoms with Crippen LogP contribution < -0.4 is 14.9 Å². The maximum absolute atomic E-state index is 12.2. The fraction of sp³-hybridized carbons (Fsp3) is 0.176. The molecule has 5 nitrogen and oxygen atoms in total. The van der Waals surface area contributed by atoms with Crippen molar-refractivity contribution in [3.8, 4) is 11.5 Å². The normalized spacial score (nSPS) is 11.1. The Morgan fingerprint density at radius 3 is 2.38 bits per heavy atom. The van der Waals surface area contributed by atoms with Crippen molar-refractivity contribution >= 4 is 34.8 Å². The number of hydrogen-bond donors (Lipinski definition) is 1. The van der Waals surface area contributed by atoms with Gasteiger partial charge in [0.1, 0.15) is 0 Å². The highest BCUT2D eigenvalue weighted by Crippen LogP contribution is 2.27. The van der Waals surface area contributed by atoms with E-state index in [1.54, 1.807) is 43.3 Å². The van der Waals surface area contributed by atoms with Crippen LogP contribution in [0.25, 0.3) is 0 Å². The maximum Gasteiger partial charge on any atom is 0.271 e. The molecule has 0 fully saturated rings. The first-order valence-electron chi connectivity index (χ1n) is 6.98. The zero-order valence-electron chi connectivity index (χ0n) is 13.4. The SMILES string of the molecule is COc1ccc(C(=O)N/N=C(/C)c2ccc(Cl)cc2Cl)cc1OC. The third-order valence-corrected chi connectivity index (χ3v) is 3.84. The van der Waals surface area contributed by atoms with Gasteiger partial charge in [-0.05, 0) is 37.3 Å². The van der Waals surface area contributed by atoms with Gasteiger partial charge in [0.25, 0.3) is 5.91 Å². The second kappa shape index (κ2) is 8.04. The molecule has 2 aromatic carbocycles. The fourth-order valence-corrected chi connectivity index (χ4v) is 2.57. The zero-order chi connectivity index (χ0) is 17.7. The highest BCUT2D eigenvalue weighted by Gasteiger charge is 2.11. The first-order valence-corrected chi connectivity index (χ1v) is 7.74. The summed E-state index contributed by atoms with van der Waals surface area (Å²) in [6.07, 6.45) is 0. The van der Waals surface area contributed by atoms with E-state index >= 15 is 0 Å². The van der Waals surface area contributed by atoms with E-state index in [2.05, 4.69) is 10.5 Å². The average molecular weight is 367 g/mol. The van der Waals surface area contributed by atoms with Crippen molar-refractivity contribution in [2.45, 2.75) is 6.92 Å². The number of hydrazone groups is 1. The summed E-state index contributed by atoms with van der Waals surface area (Å²) in [5.41, 5.74) is 4.13. The lowest BCUT2D eigenvalue weighted by Gasteiger charge is -2.09. The van der Waals surface area contributed by atoms with Crippen molar-refractivity contribution in [3.05, 3.63) is 57.6 Å². The minimum atomic E-state index is -0.375. The fourth-order valence-electron chi connectivity index (χ4n) is 2.02. The molecule has 1 N–H and O–H groups in total. The maximum atomic E-state index is 12.2. The quantitative estimate of drug-likeness (QED) is 0.638. The van der Waals surface area contributed by atoms with E-state index in [0.29, 0.717) is 38.4 Å². The molecule has 2 rings (SSSR count). The summed E-state index contributed by atoms with van der Waals surface area (Å²) in [6, 6.07) is 9.92. The van der Waals surface area contributed by atoms with Crippen LogP contribution in [0.15, 0.2) is 41.5 Å². The van der Waals surface area contributed by atoms with Gasteiger partial charge in [-0.25, -0.2) is 5.43 Å². The minimum absolute atomic E-state index is 0.375. The average Bonchev–Trinajstić information content (AvgIpc) is 2.58. The van der Waals surface area contributed by atoms with Crippen molar-refractivity contribution < 1.29 is 14.3 Å². The molecule has 0 heterocycles. The van der Waals surface area contributed by atoms with E-state index in [4.69, 9.17) is 32.7 Å². The molecule has 7 heteroatoms. The van der Waals surface area contributed by atoms with Crippen molar-refractivity contribution in [2.75, 3.05) is 14.2 Å². The van der Waals surface area contributed by atoms with Crippen LogP contribution in [0, 0.1) is 0 Å². The lowest BCUT2D eigenvalue weighted by molar-refractivity contribution is 0.0954. The standard InChI is InChI=1S/C17H16Cl2N2O3/c1-10(13-6-5-12(18)9-14(13)19)20-21-17(22)11-4-7-15(23-2)16(8-11)24-3/h4-9H,1-3H3,(H,21,22)/b20-10-. The van der Waals surface area contributed by atoms with Gasteiger partial charge >= 0.3 is 0 Å². The molecule has 1 amide bonds. The zero-order valence-corrected chi connectivity index (χ0v) is 14.9. The number of nitrogens with one attached hydrogen (secondary N) is 1. The van der Waals surface area contributed by atoms with E-state index in [-0.39, 0.29) is 5.91 Å². The molecule has 24 heavy (non-hydrogen) atoms. The number of ether oxygens (including phenoxy) is 2. The molecule has 0 unspecified atom stereocenters. The monoisotopic (exact) mass is 366 g/mol. The van der Waals surface area contributed by atoms with Gasteiger partial charge in [0, 0.05) is 16.1 Å². The number of amides is 1. The number of methoxy groups -OCH3 is 2. The number of rotatable bonds is 5. The van der Waals surface area contributed by atoms with Crippen molar-refractivity contribution in [1.29, 1.82) is 0 Å². The molecule has 0 aliphatic heterocycles. The van der Waals surface area contributed by atoms with Crippen LogP contribution in [0.4, 0.5) is 0 Å². The summed E-state index contributed by atoms with van der Waals surface area (Å²) in [7, 11) is 3.03. The predicted molar refractivity (Wildman–Crippen MR) is 95.7 cm³/mol. The summed E-state index contributed by atoms with van der Waals surface area (Å²) >= 11 is 12.0. The Kier molecular flexibility index (Phi) is 6.06. The van der Waals surface area contributed by atoms with E-state index in [1.165, 1.54) is 14.2 Å². The summed E-state index contributed by atoms with van der Waals surface area (Å²) in [6.45, 7) is 1.74. The van der Waals surface area contributed by atoms with Crippen LogP contribution in [-0.2, 0) is 0 Å². The number of benzene rings is 2. The Labute approximate surface area is 150 Å². The number of carbonyl (C=O) groups is 1. The van der Waals surface area contributed by atoms with Crippen molar-refractivity contribution in [2.24, 2.45) is 5.10 Å². The predicted octanol–water partition coefficient (Wildman–Crippen LogP) is 4.16. The second-order valence-corrected chi connectivity index (χ2v) is 5.68. The Morgan fingerprint density at radius 1 is 1.04 bits per heavy atom. The molecule has 126 valence electrons. The van der Waals surface area contributed by atoms with Crippen LogP contribution in [0.5, 0.6) is 11.5 Å². The second-order valence-electron chi connectivity index (χ2n) is 4.83. The van der Waals surface area contributed by atoms with Gasteiger partial charge < -0.3 is 9.47 Å². The Hall–Kier alpha value is -2.24. The number of nitrogens with zero attached hydrogens (tertiary/aromatic N) is 1. The lowest BCUT2D eigenvalue weighted by Crippen LogP contribution is -2.19. The Morgan fingerprint density at radius 2 is 1.75 bits per heavy atom. The van der Waals surface area contributed by atoms with Crippen LogP contribution in [-0.4, -0.2) is 25.8 Å². The molecule has 0 saturated carbocycles. The summed E-state index contributed by atoms with van der Waals surface area (Å²) in [5.74, 6) is 0.633. The van der Waals surface area contributed by atoms with Gasteiger partial charge in [-0.3, -0.25) is 4.79 Å². The van der Waals surface area contributed by atoms with Crippen molar-refractivity contribution in [1.82, 2.24) is 5.43 Å². The molecule has 0 spiro atoms. The van der Waals surface area contributed by atoms with Crippen molar-refractivity contribution in [3.63, 3.8) is 0 Å². The summed E-state index contributed by atoms with van der Waals surface area (Å²) in [4.78, 5) is 12.2. The third kappa shape index (κ3) is 4.19. The van der Waals surface area contributed by atoms with Gasteiger partial charge in [0.05, 0.1) is 25.0 Å². The highest BCUT2D eigenvalue weighted by molar-refractivity contribution is 6.37. The first-order chi connectivity index (χ1) is 11.5. The summed E-state index contributed by atoms with van der Waals surface area (Å²) < 4.78 is 10.3. The van der Waals surface area contributed by atoms with Gasteiger partial charge in [0.15, 0.2) is 11.5 Å². The number of halogens is 2. The van der Waals surface area contributed by atoms with Crippen LogP contribution in [0.1, 0.15) is 22.8 Å². The molecule has 0 radical (unpaired) electrons. The topological polar surface area (TPSA) is 59.9 Å². The van der Waals surface area contributed by atoms with Crippen LogP contribution in [0.3, 0.4) is 0 Å². The van der Waals surface area contributed by atoms with Gasteiger partial charge in [-0.1, -0.05) is 29.3 Å². The van der Waals surface area contributed by atoms with E-state index in [9.17, 15) is 4.79 Å². The number of hydrogen-bond acceptors (Lipinski definition) is 4. The lowest BCUT2D eigenvalue weighted by atomic mass is 10.1. The van der Waals surface area contributed by atoms with E-state index in [1.807, 2.05) is 0 Å². The Bertz CT molecular complexity index is 791. The van der Waals surface area contributed by atoms with Crippen LogP contribution >= 0.6 is 23.2 Å². The van der Waals surface area contributed by atoms with Crippen LogP contribution in [0.2, 0.25) is 10.0 Å². The van der Waals surface area contributed by atoms with Gasteiger partial charge in [-0.2, -0.15) is 5.10 Å². The molecule has 0 saturated heterocycles. The van der Waals surface area contributed by atoms with Gasteiger partial charge in [-0.15, -0.1) is 0 Å². The first kappa shape index (κ1) is 18.1.